The Morgan fingerprint density at radius 2 is 2.00 bits per heavy atom. The van der Waals surface area contributed by atoms with Crippen molar-refractivity contribution < 1.29 is 14.7 Å². The van der Waals surface area contributed by atoms with E-state index in [9.17, 15) is 14.7 Å². The molecule has 0 unspecified atom stereocenters. The zero-order chi connectivity index (χ0) is 14.9. The van der Waals surface area contributed by atoms with Gasteiger partial charge in [-0.3, -0.25) is 9.59 Å². The second-order valence-electron chi connectivity index (χ2n) is 5.02. The van der Waals surface area contributed by atoms with Gasteiger partial charge in [-0.05, 0) is 41.0 Å². The number of carboxylic acids is 1. The molecule has 8 nitrogen and oxygen atoms in total. The summed E-state index contributed by atoms with van der Waals surface area (Å²) in [6.45, 7) is 0.0216. The SMILES string of the molecule is O=C(Cn1cnnn1)Nc1ccc(C2(C(=O)O)CC2)cc1. The molecule has 1 aromatic carbocycles. The van der Waals surface area contributed by atoms with Gasteiger partial charge in [-0.15, -0.1) is 5.10 Å². The lowest BCUT2D eigenvalue weighted by atomic mass is 9.96. The summed E-state index contributed by atoms with van der Waals surface area (Å²) in [6.07, 6.45) is 2.67. The summed E-state index contributed by atoms with van der Waals surface area (Å²) < 4.78 is 1.31. The molecule has 1 fully saturated rings. The van der Waals surface area contributed by atoms with Crippen molar-refractivity contribution in [3.8, 4) is 0 Å². The molecule has 0 atom stereocenters. The number of carbonyl (C=O) groups excluding carboxylic acids is 1. The highest BCUT2D eigenvalue weighted by molar-refractivity contribution is 5.90. The minimum absolute atomic E-state index is 0.0216. The Bertz CT molecular complexity index is 662. The molecule has 1 amide bonds. The van der Waals surface area contributed by atoms with Gasteiger partial charge in [0.1, 0.15) is 12.9 Å². The first-order chi connectivity index (χ1) is 10.1. The molecule has 0 aliphatic heterocycles. The number of carboxylic acid groups (broad SMARTS) is 1. The first-order valence-electron chi connectivity index (χ1n) is 6.45. The summed E-state index contributed by atoms with van der Waals surface area (Å²) >= 11 is 0. The lowest BCUT2D eigenvalue weighted by Crippen LogP contribution is -2.20. The van der Waals surface area contributed by atoms with Crippen molar-refractivity contribution in [3.63, 3.8) is 0 Å². The average Bonchev–Trinajstić information content (AvgIpc) is 3.12. The van der Waals surface area contributed by atoms with Gasteiger partial charge in [0, 0.05) is 5.69 Å². The fourth-order valence-corrected chi connectivity index (χ4v) is 2.22. The molecule has 1 saturated carbocycles. The molecular weight excluding hydrogens is 274 g/mol. The third-order valence-electron chi connectivity index (χ3n) is 3.58. The Hall–Kier alpha value is -2.77. The number of nitrogens with one attached hydrogen (secondary N) is 1. The van der Waals surface area contributed by atoms with E-state index < -0.39 is 11.4 Å². The summed E-state index contributed by atoms with van der Waals surface area (Å²) in [5.41, 5.74) is 0.654. The number of tetrazole rings is 1. The molecule has 8 heteroatoms. The van der Waals surface area contributed by atoms with Gasteiger partial charge in [-0.2, -0.15) is 0 Å². The molecule has 0 radical (unpaired) electrons. The number of benzene rings is 1. The van der Waals surface area contributed by atoms with Crippen molar-refractivity contribution in [1.29, 1.82) is 0 Å². The molecule has 1 aliphatic rings. The monoisotopic (exact) mass is 287 g/mol. The fourth-order valence-electron chi connectivity index (χ4n) is 2.22. The number of rotatable bonds is 5. The van der Waals surface area contributed by atoms with Crippen LogP contribution in [0.4, 0.5) is 5.69 Å². The minimum Gasteiger partial charge on any atom is -0.481 e. The van der Waals surface area contributed by atoms with E-state index in [1.165, 1.54) is 11.0 Å². The zero-order valence-corrected chi connectivity index (χ0v) is 11.1. The van der Waals surface area contributed by atoms with Crippen molar-refractivity contribution in [3.05, 3.63) is 36.2 Å². The molecule has 1 heterocycles. The van der Waals surface area contributed by atoms with Crippen molar-refractivity contribution >= 4 is 17.6 Å². The largest absolute Gasteiger partial charge is 0.481 e. The number of hydrogen-bond donors (Lipinski definition) is 2. The summed E-state index contributed by atoms with van der Waals surface area (Å²) in [7, 11) is 0. The normalized spacial score (nSPS) is 15.4. The lowest BCUT2D eigenvalue weighted by Gasteiger charge is -2.11. The van der Waals surface area contributed by atoms with Gasteiger partial charge in [0.2, 0.25) is 5.91 Å². The summed E-state index contributed by atoms with van der Waals surface area (Å²) in [4.78, 5) is 23.0. The molecule has 21 heavy (non-hydrogen) atoms. The van der Waals surface area contributed by atoms with E-state index in [2.05, 4.69) is 20.8 Å². The van der Waals surface area contributed by atoms with Gasteiger partial charge in [0.25, 0.3) is 0 Å². The van der Waals surface area contributed by atoms with E-state index in [1.54, 1.807) is 24.3 Å². The maximum atomic E-state index is 11.8. The molecule has 108 valence electrons. The molecule has 2 aromatic rings. The van der Waals surface area contributed by atoms with E-state index in [-0.39, 0.29) is 12.5 Å². The van der Waals surface area contributed by atoms with Crippen molar-refractivity contribution in [2.24, 2.45) is 0 Å². The Morgan fingerprint density at radius 3 is 2.52 bits per heavy atom. The highest BCUT2D eigenvalue weighted by atomic mass is 16.4. The topological polar surface area (TPSA) is 110 Å². The van der Waals surface area contributed by atoms with Gasteiger partial charge in [-0.1, -0.05) is 12.1 Å². The van der Waals surface area contributed by atoms with Crippen LogP contribution in [0.3, 0.4) is 0 Å². The maximum absolute atomic E-state index is 11.8. The number of nitrogens with zero attached hydrogens (tertiary/aromatic N) is 4. The molecule has 0 bridgehead atoms. The molecule has 1 aliphatic carbocycles. The van der Waals surface area contributed by atoms with Crippen molar-refractivity contribution in [2.75, 3.05) is 5.32 Å². The molecule has 1 aromatic heterocycles. The predicted molar refractivity (Wildman–Crippen MR) is 71.4 cm³/mol. The Morgan fingerprint density at radius 1 is 1.29 bits per heavy atom. The van der Waals surface area contributed by atoms with Gasteiger partial charge in [-0.25, -0.2) is 4.68 Å². The summed E-state index contributed by atoms with van der Waals surface area (Å²) in [5, 5.41) is 22.4. The van der Waals surface area contributed by atoms with Crippen LogP contribution >= 0.6 is 0 Å². The lowest BCUT2D eigenvalue weighted by molar-refractivity contribution is -0.140. The Kier molecular flexibility index (Phi) is 3.13. The van der Waals surface area contributed by atoms with Gasteiger partial charge < -0.3 is 10.4 Å². The van der Waals surface area contributed by atoms with Crippen LogP contribution in [0.15, 0.2) is 30.6 Å². The first-order valence-corrected chi connectivity index (χ1v) is 6.45. The number of aromatic nitrogens is 4. The van der Waals surface area contributed by atoms with Crippen molar-refractivity contribution in [1.82, 2.24) is 20.2 Å². The first kappa shape index (κ1) is 13.2. The highest BCUT2D eigenvalue weighted by Gasteiger charge is 2.51. The second kappa shape index (κ2) is 4.97. The van der Waals surface area contributed by atoms with E-state index in [0.717, 1.165) is 5.56 Å². The van der Waals surface area contributed by atoms with E-state index in [1.807, 2.05) is 0 Å². The van der Waals surface area contributed by atoms with Crippen LogP contribution < -0.4 is 5.32 Å². The molecule has 3 rings (SSSR count). The van der Waals surface area contributed by atoms with Crippen molar-refractivity contribution in [2.45, 2.75) is 24.8 Å². The summed E-state index contributed by atoms with van der Waals surface area (Å²) in [6, 6.07) is 6.90. The van der Waals surface area contributed by atoms with E-state index in [4.69, 9.17) is 0 Å². The van der Waals surface area contributed by atoms with Crippen LogP contribution in [-0.4, -0.2) is 37.2 Å². The van der Waals surface area contributed by atoms with Gasteiger partial charge in [0.05, 0.1) is 5.41 Å². The maximum Gasteiger partial charge on any atom is 0.314 e. The zero-order valence-electron chi connectivity index (χ0n) is 11.1. The second-order valence-corrected chi connectivity index (χ2v) is 5.02. The third kappa shape index (κ3) is 2.60. The smallest absolute Gasteiger partial charge is 0.314 e. The Balaban J connectivity index is 1.65. The minimum atomic E-state index is -0.794. The third-order valence-corrected chi connectivity index (χ3v) is 3.58. The number of anilines is 1. The Labute approximate surface area is 119 Å². The van der Waals surface area contributed by atoms with Crippen LogP contribution in [0.5, 0.6) is 0 Å². The van der Waals surface area contributed by atoms with Crippen LogP contribution in [-0.2, 0) is 21.5 Å². The quantitative estimate of drug-likeness (QED) is 0.825. The number of amides is 1. The average molecular weight is 287 g/mol. The molecule has 2 N–H and O–H groups in total. The molecule has 0 saturated heterocycles. The highest BCUT2D eigenvalue weighted by Crippen LogP contribution is 2.48. The summed E-state index contributed by atoms with van der Waals surface area (Å²) in [5.74, 6) is -1.05. The van der Waals surface area contributed by atoms with Crippen LogP contribution in [0.2, 0.25) is 0 Å². The predicted octanol–water partition coefficient (Wildman–Crippen LogP) is 0.428. The van der Waals surface area contributed by atoms with E-state index in [0.29, 0.717) is 18.5 Å². The van der Waals surface area contributed by atoms with Crippen LogP contribution in [0, 0.1) is 0 Å². The molecule has 0 spiro atoms. The number of carbonyl (C=O) groups is 2. The standard InChI is InChI=1S/C13H13N5O3/c19-11(7-18-8-14-16-17-18)15-10-3-1-9(2-4-10)13(5-6-13)12(20)21/h1-4,8H,5-7H2,(H,15,19)(H,20,21). The van der Waals surface area contributed by atoms with Gasteiger partial charge >= 0.3 is 5.97 Å². The number of aliphatic carboxylic acids is 1. The van der Waals surface area contributed by atoms with E-state index >= 15 is 0 Å². The number of hydrogen-bond acceptors (Lipinski definition) is 5. The van der Waals surface area contributed by atoms with Crippen LogP contribution in [0.1, 0.15) is 18.4 Å². The van der Waals surface area contributed by atoms with Crippen LogP contribution in [0.25, 0.3) is 0 Å². The fraction of sp³-hybridized carbons (Fsp3) is 0.308. The molecular formula is C13H13N5O3. The van der Waals surface area contributed by atoms with Gasteiger partial charge in [0.15, 0.2) is 0 Å².